The minimum absolute atomic E-state index is 0.0711. The Hall–Kier alpha value is -4.19. The molecule has 6 heteroatoms. The van der Waals surface area contributed by atoms with E-state index in [1.54, 1.807) is 6.07 Å². The fraction of sp³-hybridized carbons (Fsp3) is 0.281. The number of hydrogen-bond donors (Lipinski definition) is 1. The second kappa shape index (κ2) is 10.7. The average Bonchev–Trinajstić information content (AvgIpc) is 3.57. The van der Waals surface area contributed by atoms with Crippen LogP contribution in [0.15, 0.2) is 97.3 Å². The van der Waals surface area contributed by atoms with Crippen LogP contribution >= 0.6 is 0 Å². The molecule has 0 unspecified atom stereocenters. The maximum absolute atomic E-state index is 13.4. The van der Waals surface area contributed by atoms with E-state index in [1.165, 1.54) is 7.11 Å². The third kappa shape index (κ3) is 4.51. The van der Waals surface area contributed by atoms with Gasteiger partial charge in [-0.25, -0.2) is 13.9 Å². The SMILES string of the molecule is COC(=O)c1cccc(C[n+]2ccn([C@H]3CC[C@@H](C(C(N)=O)(c4ccccc4)c4ccccc4)C3)c2C)c1. The standard InChI is InChI=1S/C32H33N3O3/c1-23-34(22-24-10-9-11-25(20-24)30(36)38-2)18-19-35(23)29-17-16-28(21-29)32(31(33)37,26-12-5-3-6-13-26)27-14-7-4-8-15-27/h3-15,18-20,28-29H,16-17,21-22H2,1-2H3,(H-,33,37)/p+1/t28-,29+/m1/s1. The number of ether oxygens (including phenoxy) is 1. The summed E-state index contributed by atoms with van der Waals surface area (Å²) in [6.07, 6.45) is 6.93. The van der Waals surface area contributed by atoms with E-state index in [-0.39, 0.29) is 23.8 Å². The van der Waals surface area contributed by atoms with Gasteiger partial charge < -0.3 is 10.5 Å². The van der Waals surface area contributed by atoms with Crippen LogP contribution in [0.3, 0.4) is 0 Å². The van der Waals surface area contributed by atoms with Gasteiger partial charge in [0.15, 0.2) is 0 Å². The molecule has 38 heavy (non-hydrogen) atoms. The van der Waals surface area contributed by atoms with Gasteiger partial charge in [0.2, 0.25) is 5.91 Å². The highest BCUT2D eigenvalue weighted by Gasteiger charge is 2.51. The lowest BCUT2D eigenvalue weighted by Gasteiger charge is -2.37. The summed E-state index contributed by atoms with van der Waals surface area (Å²) in [5, 5.41) is 0. The quantitative estimate of drug-likeness (QED) is 0.276. The third-order valence-electron chi connectivity index (χ3n) is 8.16. The van der Waals surface area contributed by atoms with Crippen LogP contribution in [0.4, 0.5) is 0 Å². The molecule has 4 aromatic rings. The Bertz CT molecular complexity index is 1390. The zero-order valence-corrected chi connectivity index (χ0v) is 21.9. The molecule has 0 radical (unpaired) electrons. The first-order valence-corrected chi connectivity index (χ1v) is 13.1. The van der Waals surface area contributed by atoms with Crippen molar-refractivity contribution < 1.29 is 18.9 Å². The first-order valence-electron chi connectivity index (χ1n) is 13.1. The fourth-order valence-corrected chi connectivity index (χ4v) is 6.31. The lowest BCUT2D eigenvalue weighted by Crippen LogP contribution is -2.47. The van der Waals surface area contributed by atoms with Crippen molar-refractivity contribution in [2.75, 3.05) is 7.11 Å². The van der Waals surface area contributed by atoms with Crippen LogP contribution in [-0.2, 0) is 21.5 Å². The normalized spacial score (nSPS) is 17.3. The van der Waals surface area contributed by atoms with Gasteiger partial charge >= 0.3 is 5.97 Å². The molecule has 0 spiro atoms. The third-order valence-corrected chi connectivity index (χ3v) is 8.16. The second-order valence-electron chi connectivity index (χ2n) is 10.1. The average molecular weight is 509 g/mol. The Morgan fingerprint density at radius 1 is 0.974 bits per heavy atom. The molecule has 3 aromatic carbocycles. The van der Waals surface area contributed by atoms with Crippen LogP contribution in [0.2, 0.25) is 0 Å². The van der Waals surface area contributed by atoms with Crippen LogP contribution in [0.5, 0.6) is 0 Å². The summed E-state index contributed by atoms with van der Waals surface area (Å²) in [4.78, 5) is 25.4. The van der Waals surface area contributed by atoms with Crippen molar-refractivity contribution in [3.63, 3.8) is 0 Å². The Morgan fingerprint density at radius 2 is 1.63 bits per heavy atom. The van der Waals surface area contributed by atoms with Crippen LogP contribution in [-0.4, -0.2) is 23.6 Å². The number of primary amides is 1. The predicted molar refractivity (Wildman–Crippen MR) is 145 cm³/mol. The largest absolute Gasteiger partial charge is 0.465 e. The first-order chi connectivity index (χ1) is 18.4. The number of carbonyl (C=O) groups is 2. The van der Waals surface area contributed by atoms with Gasteiger partial charge in [-0.1, -0.05) is 72.8 Å². The molecule has 0 saturated heterocycles. The number of methoxy groups -OCH3 is 1. The van der Waals surface area contributed by atoms with Crippen molar-refractivity contribution in [2.24, 2.45) is 11.7 Å². The lowest BCUT2D eigenvalue weighted by atomic mass is 9.64. The molecule has 2 atom stereocenters. The van der Waals surface area contributed by atoms with Gasteiger partial charge in [-0.2, -0.15) is 0 Å². The molecule has 1 fully saturated rings. The van der Waals surface area contributed by atoms with Crippen molar-refractivity contribution in [2.45, 2.75) is 44.2 Å². The molecule has 1 aliphatic carbocycles. The van der Waals surface area contributed by atoms with E-state index in [0.717, 1.165) is 41.8 Å². The van der Waals surface area contributed by atoms with Gasteiger partial charge in [0.05, 0.1) is 12.7 Å². The summed E-state index contributed by atoms with van der Waals surface area (Å²) in [5.74, 6) is 0.563. The smallest absolute Gasteiger partial charge is 0.337 e. The highest BCUT2D eigenvalue weighted by molar-refractivity contribution is 5.91. The minimum atomic E-state index is -0.886. The van der Waals surface area contributed by atoms with Gasteiger partial charge in [-0.3, -0.25) is 4.79 Å². The topological polar surface area (TPSA) is 78.2 Å². The number of nitrogens with two attached hydrogens (primary N) is 1. The van der Waals surface area contributed by atoms with E-state index in [1.807, 2.05) is 78.9 Å². The number of benzene rings is 3. The number of esters is 1. The molecule has 1 heterocycles. The maximum Gasteiger partial charge on any atom is 0.337 e. The van der Waals surface area contributed by atoms with Gasteiger partial charge in [-0.15, -0.1) is 0 Å². The number of hydrogen-bond acceptors (Lipinski definition) is 3. The molecular formula is C32H34N3O3+. The summed E-state index contributed by atoms with van der Waals surface area (Å²) >= 11 is 0. The van der Waals surface area contributed by atoms with Crippen LogP contribution in [0, 0.1) is 12.8 Å². The first kappa shape index (κ1) is 25.5. The molecule has 2 N–H and O–H groups in total. The highest BCUT2D eigenvalue weighted by atomic mass is 16.5. The summed E-state index contributed by atoms with van der Waals surface area (Å²) in [7, 11) is 1.39. The number of carbonyl (C=O) groups excluding carboxylic acids is 2. The van der Waals surface area contributed by atoms with Gasteiger partial charge in [0.25, 0.3) is 5.82 Å². The Balaban J connectivity index is 1.44. The summed E-state index contributed by atoms with van der Waals surface area (Å²) in [5.41, 5.74) is 8.88. The van der Waals surface area contributed by atoms with Crippen LogP contribution < -0.4 is 10.3 Å². The van der Waals surface area contributed by atoms with Crippen molar-refractivity contribution in [3.8, 4) is 0 Å². The van der Waals surface area contributed by atoms with E-state index in [2.05, 4.69) is 28.5 Å². The second-order valence-corrected chi connectivity index (χ2v) is 10.1. The molecule has 1 saturated carbocycles. The van der Waals surface area contributed by atoms with Crippen molar-refractivity contribution in [1.29, 1.82) is 0 Å². The summed E-state index contributed by atoms with van der Waals surface area (Å²) in [6.45, 7) is 2.77. The highest BCUT2D eigenvalue weighted by Crippen LogP contribution is 2.49. The molecule has 5 rings (SSSR count). The van der Waals surface area contributed by atoms with Crippen molar-refractivity contribution in [3.05, 3.63) is 125 Å². The molecule has 0 bridgehead atoms. The Labute approximate surface area is 223 Å². The summed E-state index contributed by atoms with van der Waals surface area (Å²) in [6, 6.07) is 27.8. The molecule has 1 aromatic heterocycles. The molecule has 1 amide bonds. The molecule has 1 aliphatic rings. The number of rotatable bonds is 8. The van der Waals surface area contributed by atoms with Gasteiger partial charge in [-0.05, 0) is 54.0 Å². The van der Waals surface area contributed by atoms with E-state index >= 15 is 0 Å². The van der Waals surface area contributed by atoms with Crippen LogP contribution in [0.25, 0.3) is 0 Å². The monoisotopic (exact) mass is 508 g/mol. The minimum Gasteiger partial charge on any atom is -0.465 e. The number of imidazole rings is 1. The number of nitrogens with zero attached hydrogens (tertiary/aromatic N) is 2. The maximum atomic E-state index is 13.4. The summed E-state index contributed by atoms with van der Waals surface area (Å²) < 4.78 is 9.39. The van der Waals surface area contributed by atoms with Crippen LogP contribution in [0.1, 0.15) is 58.2 Å². The van der Waals surface area contributed by atoms with E-state index in [9.17, 15) is 9.59 Å². The van der Waals surface area contributed by atoms with E-state index < -0.39 is 5.41 Å². The molecule has 6 nitrogen and oxygen atoms in total. The fourth-order valence-electron chi connectivity index (χ4n) is 6.31. The van der Waals surface area contributed by atoms with Crippen molar-refractivity contribution >= 4 is 11.9 Å². The molecule has 0 aliphatic heterocycles. The zero-order chi connectivity index (χ0) is 26.7. The van der Waals surface area contributed by atoms with Crippen molar-refractivity contribution in [1.82, 2.24) is 4.57 Å². The Kier molecular flexibility index (Phi) is 7.14. The molecule has 194 valence electrons. The lowest BCUT2D eigenvalue weighted by molar-refractivity contribution is -0.694. The Morgan fingerprint density at radius 3 is 2.24 bits per heavy atom. The predicted octanol–water partition coefficient (Wildman–Crippen LogP) is 4.73. The van der Waals surface area contributed by atoms with Gasteiger partial charge in [0, 0.05) is 6.92 Å². The van der Waals surface area contributed by atoms with E-state index in [4.69, 9.17) is 10.5 Å². The van der Waals surface area contributed by atoms with E-state index in [0.29, 0.717) is 12.1 Å². The number of aromatic nitrogens is 2. The zero-order valence-electron chi connectivity index (χ0n) is 21.9. The number of amides is 1. The molecular weight excluding hydrogens is 474 g/mol. The van der Waals surface area contributed by atoms with Gasteiger partial charge in [0.1, 0.15) is 30.4 Å².